The highest BCUT2D eigenvalue weighted by Gasteiger charge is 2.20. The van der Waals surface area contributed by atoms with Crippen molar-refractivity contribution >= 4 is 22.5 Å². The molecule has 0 bridgehead atoms. The van der Waals surface area contributed by atoms with E-state index in [9.17, 15) is 5.11 Å². The van der Waals surface area contributed by atoms with Crippen LogP contribution >= 0.6 is 0 Å². The van der Waals surface area contributed by atoms with Crippen LogP contribution in [0.25, 0.3) is 16.7 Å². The second-order valence-corrected chi connectivity index (χ2v) is 6.87. The first kappa shape index (κ1) is 17.7. The second kappa shape index (κ2) is 7.89. The van der Waals surface area contributed by atoms with Gasteiger partial charge in [0.25, 0.3) is 0 Å². The lowest BCUT2D eigenvalue weighted by molar-refractivity contribution is 0.126. The van der Waals surface area contributed by atoms with E-state index in [1.807, 2.05) is 30.5 Å². The van der Waals surface area contributed by atoms with Crippen LogP contribution in [0.1, 0.15) is 25.7 Å². The standard InChI is InChI=1S/C19H24N6O2/c26-10-9-20-15-2-1-13-12-22-25(17(13)11-15)18-7-8-21-19(24-18)23-14-3-5-16(27)6-4-14/h1-2,7-8,11-12,14,16,20,26-27H,3-6,9-10H2,(H,21,23,24). The van der Waals surface area contributed by atoms with Gasteiger partial charge in [-0.1, -0.05) is 0 Å². The summed E-state index contributed by atoms with van der Waals surface area (Å²) in [5, 5.41) is 30.7. The van der Waals surface area contributed by atoms with E-state index in [0.717, 1.165) is 42.3 Å². The molecule has 4 rings (SSSR count). The van der Waals surface area contributed by atoms with Gasteiger partial charge in [-0.2, -0.15) is 10.1 Å². The van der Waals surface area contributed by atoms with Crippen LogP contribution in [-0.2, 0) is 0 Å². The average Bonchev–Trinajstić information content (AvgIpc) is 3.12. The number of nitrogens with one attached hydrogen (secondary N) is 2. The molecule has 1 saturated carbocycles. The summed E-state index contributed by atoms with van der Waals surface area (Å²) in [5.74, 6) is 1.27. The Morgan fingerprint density at radius 1 is 1.15 bits per heavy atom. The van der Waals surface area contributed by atoms with Crippen LogP contribution in [0.2, 0.25) is 0 Å². The molecule has 0 atom stereocenters. The SMILES string of the molecule is OCCNc1ccc2cnn(-c3ccnc(NC4CCC(O)CC4)n3)c2c1. The number of hydrogen-bond acceptors (Lipinski definition) is 7. The monoisotopic (exact) mass is 368 g/mol. The molecule has 8 heteroatoms. The lowest BCUT2D eigenvalue weighted by Gasteiger charge is -2.26. The zero-order chi connectivity index (χ0) is 18.6. The van der Waals surface area contributed by atoms with Crippen LogP contribution in [-0.4, -0.2) is 55.3 Å². The zero-order valence-electron chi connectivity index (χ0n) is 15.0. The van der Waals surface area contributed by atoms with Crippen molar-refractivity contribution in [1.29, 1.82) is 0 Å². The third-order valence-corrected chi connectivity index (χ3v) is 4.90. The number of benzene rings is 1. The smallest absolute Gasteiger partial charge is 0.224 e. The normalized spacial score (nSPS) is 19.9. The topological polar surface area (TPSA) is 108 Å². The number of fused-ring (bicyclic) bond motifs is 1. The predicted molar refractivity (Wildman–Crippen MR) is 104 cm³/mol. The highest BCUT2D eigenvalue weighted by Crippen LogP contribution is 2.23. The molecule has 1 aliphatic rings. The molecule has 1 fully saturated rings. The Balaban J connectivity index is 1.57. The van der Waals surface area contributed by atoms with Gasteiger partial charge in [0.1, 0.15) is 0 Å². The number of rotatable bonds is 6. The van der Waals surface area contributed by atoms with Crippen molar-refractivity contribution in [3.63, 3.8) is 0 Å². The van der Waals surface area contributed by atoms with Crippen LogP contribution in [0, 0.1) is 0 Å². The molecule has 0 aliphatic heterocycles. The summed E-state index contributed by atoms with van der Waals surface area (Å²) in [7, 11) is 0. The molecule has 0 spiro atoms. The fourth-order valence-corrected chi connectivity index (χ4v) is 3.45. The van der Waals surface area contributed by atoms with Crippen molar-refractivity contribution in [1.82, 2.24) is 19.7 Å². The molecular formula is C19H24N6O2. The molecule has 4 N–H and O–H groups in total. The number of aliphatic hydroxyl groups is 2. The van der Waals surface area contributed by atoms with E-state index >= 15 is 0 Å². The van der Waals surface area contributed by atoms with Gasteiger partial charge in [0, 0.05) is 35.9 Å². The van der Waals surface area contributed by atoms with Gasteiger partial charge in [-0.05, 0) is 43.9 Å². The molecule has 0 amide bonds. The summed E-state index contributed by atoms with van der Waals surface area (Å²) < 4.78 is 1.79. The Hall–Kier alpha value is -2.71. The van der Waals surface area contributed by atoms with E-state index in [1.54, 1.807) is 10.9 Å². The Bertz CT molecular complexity index is 904. The van der Waals surface area contributed by atoms with Gasteiger partial charge in [0.15, 0.2) is 5.82 Å². The summed E-state index contributed by atoms with van der Waals surface area (Å²) in [5.41, 5.74) is 1.86. The first-order valence-electron chi connectivity index (χ1n) is 9.33. The van der Waals surface area contributed by atoms with Crippen molar-refractivity contribution in [2.75, 3.05) is 23.8 Å². The molecule has 3 aromatic rings. The molecule has 1 aromatic carbocycles. The number of aliphatic hydroxyl groups excluding tert-OH is 2. The van der Waals surface area contributed by atoms with Crippen LogP contribution in [0.3, 0.4) is 0 Å². The van der Waals surface area contributed by atoms with Gasteiger partial charge in [0.2, 0.25) is 5.95 Å². The van der Waals surface area contributed by atoms with E-state index in [1.165, 1.54) is 0 Å². The molecule has 0 unspecified atom stereocenters. The van der Waals surface area contributed by atoms with E-state index in [0.29, 0.717) is 18.3 Å². The van der Waals surface area contributed by atoms with Crippen molar-refractivity contribution in [3.05, 3.63) is 36.7 Å². The largest absolute Gasteiger partial charge is 0.395 e. The third-order valence-electron chi connectivity index (χ3n) is 4.90. The average molecular weight is 368 g/mol. The molecule has 0 radical (unpaired) electrons. The Kier molecular flexibility index (Phi) is 5.17. The van der Waals surface area contributed by atoms with Crippen LogP contribution < -0.4 is 10.6 Å². The molecule has 1 aliphatic carbocycles. The summed E-state index contributed by atoms with van der Waals surface area (Å²) >= 11 is 0. The lowest BCUT2D eigenvalue weighted by atomic mass is 9.93. The minimum atomic E-state index is -0.181. The van der Waals surface area contributed by atoms with E-state index in [-0.39, 0.29) is 18.8 Å². The van der Waals surface area contributed by atoms with Crippen molar-refractivity contribution in [2.24, 2.45) is 0 Å². The molecule has 8 nitrogen and oxygen atoms in total. The van der Waals surface area contributed by atoms with Crippen molar-refractivity contribution < 1.29 is 10.2 Å². The fourth-order valence-electron chi connectivity index (χ4n) is 3.45. The van der Waals surface area contributed by atoms with E-state index < -0.39 is 0 Å². The Morgan fingerprint density at radius 3 is 2.81 bits per heavy atom. The number of nitrogens with zero attached hydrogens (tertiary/aromatic N) is 4. The molecule has 27 heavy (non-hydrogen) atoms. The first-order valence-corrected chi connectivity index (χ1v) is 9.33. The molecule has 0 saturated heterocycles. The van der Waals surface area contributed by atoms with E-state index in [2.05, 4.69) is 25.7 Å². The minimum Gasteiger partial charge on any atom is -0.395 e. The lowest BCUT2D eigenvalue weighted by Crippen LogP contribution is -2.29. The third kappa shape index (κ3) is 4.01. The maximum Gasteiger partial charge on any atom is 0.224 e. The van der Waals surface area contributed by atoms with Crippen LogP contribution in [0.15, 0.2) is 36.7 Å². The Morgan fingerprint density at radius 2 is 2.00 bits per heavy atom. The van der Waals surface area contributed by atoms with E-state index in [4.69, 9.17) is 5.11 Å². The van der Waals surface area contributed by atoms with Gasteiger partial charge >= 0.3 is 0 Å². The van der Waals surface area contributed by atoms with Gasteiger partial charge in [-0.15, -0.1) is 0 Å². The van der Waals surface area contributed by atoms with Gasteiger partial charge in [-0.25, -0.2) is 9.67 Å². The molecular weight excluding hydrogens is 344 g/mol. The van der Waals surface area contributed by atoms with Gasteiger partial charge in [0.05, 0.1) is 24.4 Å². The van der Waals surface area contributed by atoms with Gasteiger partial charge in [-0.3, -0.25) is 0 Å². The maximum atomic E-state index is 9.65. The number of aromatic nitrogens is 4. The summed E-state index contributed by atoms with van der Waals surface area (Å²) in [6.45, 7) is 0.577. The number of hydrogen-bond donors (Lipinski definition) is 4. The summed E-state index contributed by atoms with van der Waals surface area (Å²) in [4.78, 5) is 8.96. The molecule has 2 heterocycles. The molecule has 142 valence electrons. The quantitative estimate of drug-likeness (QED) is 0.526. The van der Waals surface area contributed by atoms with Crippen LogP contribution in [0.5, 0.6) is 0 Å². The first-order chi connectivity index (χ1) is 13.2. The van der Waals surface area contributed by atoms with Crippen molar-refractivity contribution in [3.8, 4) is 5.82 Å². The zero-order valence-corrected chi connectivity index (χ0v) is 15.0. The predicted octanol–water partition coefficient (Wildman–Crippen LogP) is 1.94. The summed E-state index contributed by atoms with van der Waals surface area (Å²) in [6, 6.07) is 8.07. The van der Waals surface area contributed by atoms with Crippen molar-refractivity contribution in [2.45, 2.75) is 37.8 Å². The minimum absolute atomic E-state index is 0.0798. The Labute approximate surface area is 157 Å². The van der Waals surface area contributed by atoms with Gasteiger partial charge < -0.3 is 20.8 Å². The maximum absolute atomic E-state index is 9.65. The second-order valence-electron chi connectivity index (χ2n) is 6.87. The molecule has 2 aromatic heterocycles. The number of anilines is 2. The van der Waals surface area contributed by atoms with Crippen LogP contribution in [0.4, 0.5) is 11.6 Å². The summed E-state index contributed by atoms with van der Waals surface area (Å²) in [6.07, 6.45) is 6.81. The fraction of sp³-hybridized carbons (Fsp3) is 0.421. The highest BCUT2D eigenvalue weighted by atomic mass is 16.3. The highest BCUT2D eigenvalue weighted by molar-refractivity contribution is 5.83.